The zero-order valence-corrected chi connectivity index (χ0v) is 62.6. The average molecular weight is 1600 g/mol. The van der Waals surface area contributed by atoms with E-state index in [1.807, 2.05) is 0 Å². The van der Waals surface area contributed by atoms with Gasteiger partial charge >= 0.3 is 29.5 Å². The number of nitrogens with zero attached hydrogens (tertiary/aromatic N) is 25. The second-order valence-electron chi connectivity index (χ2n) is 26.2. The van der Waals surface area contributed by atoms with Crippen LogP contribution in [-0.4, -0.2) is 292 Å². The van der Waals surface area contributed by atoms with Gasteiger partial charge in [0.25, 0.3) is 32.7 Å². The van der Waals surface area contributed by atoms with Gasteiger partial charge in [-0.05, 0) is 92.0 Å². The first-order valence-electron chi connectivity index (χ1n) is 52.4. The number of aromatic nitrogens is 15. The minimum atomic E-state index is -3.17. The predicted octanol–water partition coefficient (Wildman–Crippen LogP) is 7.75. The number of likely N-dealkylation sites (N-methyl/N-ethyl adjacent to an activating group) is 5. The van der Waals surface area contributed by atoms with E-state index in [0.717, 1.165) is 19.6 Å². The van der Waals surface area contributed by atoms with Crippen LogP contribution in [0, 0.1) is 62.4 Å². The fraction of sp³-hybridized carbons (Fsp3) is 0.500. The van der Waals surface area contributed by atoms with Gasteiger partial charge in [-0.2, -0.15) is 0 Å². The summed E-state index contributed by atoms with van der Waals surface area (Å²) in [6, 6.07) is -1.84. The molecule has 5 aliphatic rings. The van der Waals surface area contributed by atoms with Gasteiger partial charge in [0.2, 0.25) is 0 Å². The molecule has 10 atom stereocenters. The summed E-state index contributed by atoms with van der Waals surface area (Å²) in [4.78, 5) is 139. The summed E-state index contributed by atoms with van der Waals surface area (Å²) >= 11 is 0. The highest BCUT2D eigenvalue weighted by Gasteiger charge is 2.39. The van der Waals surface area contributed by atoms with Crippen LogP contribution >= 0.6 is 0 Å². The maximum atomic E-state index is 12.5. The Bertz CT molecular complexity index is 6850. The molecular weight excluding hydrogens is 1460 g/mol. The first kappa shape index (κ1) is 48.7. The predicted molar refractivity (Wildman–Crippen MR) is 440 cm³/mol. The zero-order valence-electron chi connectivity index (χ0n) is 96.6. The van der Waals surface area contributed by atoms with Crippen molar-refractivity contribution in [1.29, 1.82) is 0 Å². The molecule has 10 aromatic rings. The smallest absolute Gasteiger partial charge is 0.302 e. The van der Waals surface area contributed by atoms with Gasteiger partial charge in [0.1, 0.15) is 95.7 Å². The molecule has 0 bridgehead atoms. The van der Waals surface area contributed by atoms with Gasteiger partial charge in [0.05, 0.1) is 73.5 Å². The molecule has 5 saturated heterocycles. The van der Waals surface area contributed by atoms with Crippen LogP contribution in [0.3, 0.4) is 0 Å². The number of nitrogens with one attached hydrogen (secondary N) is 5. The number of hydrogen-bond acceptors (Lipinski definition) is 20. The van der Waals surface area contributed by atoms with Crippen molar-refractivity contribution in [3.63, 3.8) is 0 Å². The third-order valence-electron chi connectivity index (χ3n) is 18.9. The van der Waals surface area contributed by atoms with E-state index in [1.165, 1.54) is 68.5 Å². The van der Waals surface area contributed by atoms with Crippen molar-refractivity contribution < 1.29 is 70.6 Å². The number of carbonyl (C=O) groups is 5. The summed E-state index contributed by atoms with van der Waals surface area (Å²) < 4.78 is 282. The van der Waals surface area contributed by atoms with Crippen molar-refractivity contribution in [2.24, 2.45) is 29.5 Å². The monoisotopic (exact) mass is 1600 g/mol. The minimum absolute atomic E-state index is 0.0409. The Kier molecular flexibility index (Phi) is 16.3. The molecule has 5 aliphatic heterocycles. The fourth-order valence-corrected chi connectivity index (χ4v) is 12.7. The summed E-state index contributed by atoms with van der Waals surface area (Å²) in [7, 11) is 2.92. The summed E-state index contributed by atoms with van der Waals surface area (Å²) in [6.45, 7) is 7.98. The lowest BCUT2D eigenvalue weighted by molar-refractivity contribution is -0.131. The lowest BCUT2D eigenvalue weighted by atomic mass is 9.92. The Labute approximate surface area is 716 Å². The molecule has 10 aromatic heterocycles. The molecule has 600 valence electrons. The van der Waals surface area contributed by atoms with Crippen molar-refractivity contribution in [2.75, 3.05) is 157 Å². The largest absolute Gasteiger partial charge is 0.354 e. The molecule has 15 heterocycles. The molecule has 5 N–H and O–H groups in total. The number of H-pyrrole nitrogens is 5. The van der Waals surface area contributed by atoms with Crippen LogP contribution in [0.4, 0.5) is 29.1 Å². The van der Waals surface area contributed by atoms with Gasteiger partial charge in [-0.15, -0.1) is 0 Å². The highest BCUT2D eigenvalue weighted by atomic mass is 16.2. The van der Waals surface area contributed by atoms with Gasteiger partial charge in [0.15, 0.2) is 0 Å². The number of likely N-dealkylation sites (tertiary alicyclic amines) is 5. The third kappa shape index (κ3) is 19.2. The number of rotatable bonds is 15. The molecule has 0 aromatic carbocycles. The Balaban J connectivity index is 0.000000177. The first-order valence-corrected chi connectivity index (χ1v) is 35.4. The Hall–Kier alpha value is -13.1. The highest BCUT2D eigenvalue weighted by molar-refractivity contribution is 5.91. The Morgan fingerprint density at radius 1 is 0.391 bits per heavy atom. The van der Waals surface area contributed by atoms with Crippen LogP contribution in [-0.2, 0) is 24.0 Å². The summed E-state index contributed by atoms with van der Waals surface area (Å²) in [6.07, 6.45) is 5.45. The molecule has 0 saturated carbocycles. The van der Waals surface area contributed by atoms with Crippen molar-refractivity contribution >= 4 is 114 Å². The quantitative estimate of drug-likeness (QED) is 0.0612. The molecule has 35 nitrogen and oxygen atoms in total. The number of aromatic amines is 5. The molecule has 15 rings (SSSR count). The van der Waals surface area contributed by atoms with E-state index in [1.54, 1.807) is 37.5 Å². The van der Waals surface area contributed by atoms with Crippen molar-refractivity contribution in [3.8, 4) is 0 Å². The third-order valence-corrected chi connectivity index (χ3v) is 18.9. The van der Waals surface area contributed by atoms with Crippen molar-refractivity contribution in [3.05, 3.63) is 150 Å². The maximum absolute atomic E-state index is 12.5. The number of amides is 5. The molecule has 115 heavy (non-hydrogen) atoms. The van der Waals surface area contributed by atoms with Crippen molar-refractivity contribution in [1.82, 2.24) is 99.3 Å². The highest BCUT2D eigenvalue weighted by Crippen LogP contribution is 2.35. The average Bonchev–Trinajstić information content (AvgIpc) is 1.37. The standard InChI is InChI=1S/5C16H20N6O/c5*1-11-5-7-22(14(23)8-17-2)9-13(11)21(3)16-12-4-6-18-15(12)19-10-20-16/h5*4,6,10-11,13H,5,7-9H2,1,3H3,(H,18,19,20)/t5*11-,13+/m11111/s1/i3D3,9D2,10D,11D,13D;9D2,10D,11D,13D;1D3,3D3,9D2,10D;3D3,9D2,10D;1D3,9D2,10D. The SMILES string of the molecule is [2H]c1nc(N(C([2H])([2H])[2H])[C@@]2([2H])C([2H])([2H])N(C(=O)C[N+]#[C-])CC[C@@]2([2H])C)c2cc[nH]c2n1.[2H]c1nc(N(C)[C@@H]2[C@H](C([2H])([2H])[2H])CCN(C(=O)C[N+]#[C-])C2([2H])[2H])c2cc[nH]c2n1.[2H]c1nc(N(C)[C@@]2([2H])C([2H])([2H])N(C(=O)C[N+]#[C-])CC[C@@]2([2H])C)c2cc[nH]c2n1.[2H]c1nc(N([C@@H]2[C@H](C([2H])([2H])[2H])CCN(C(=O)C[N+]#[C-])C2([2H])[2H])C([2H])([2H])[2H])c2cc[nH]c2n1.[2H]c1nc(N([C@@H]2[C@H](C)CCN(C(=O)C[N+]#[C-])C2([2H])[2H])C([2H])([2H])[2H])c2cc[nH]c2n1. The van der Waals surface area contributed by atoms with Gasteiger partial charge < -0.3 is 98.1 Å². The Morgan fingerprint density at radius 2 is 0.643 bits per heavy atom. The second kappa shape index (κ2) is 38.4. The number of carbonyl (C=O) groups excluding carboxylic acids is 5. The second-order valence-corrected chi connectivity index (χ2v) is 26.2. The van der Waals surface area contributed by atoms with E-state index >= 15 is 0 Å². The van der Waals surface area contributed by atoms with E-state index in [9.17, 15) is 24.0 Å². The zero-order chi connectivity index (χ0) is 111. The number of piperidine rings is 5. The molecule has 0 radical (unpaired) electrons. The van der Waals surface area contributed by atoms with Gasteiger partial charge in [-0.1, -0.05) is 34.5 Å². The number of hydrogen-bond donors (Lipinski definition) is 5. The molecule has 0 spiro atoms. The summed E-state index contributed by atoms with van der Waals surface area (Å²) in [5.74, 6) is -11.1. The van der Waals surface area contributed by atoms with Crippen LogP contribution in [0.25, 0.3) is 79.4 Å². The summed E-state index contributed by atoms with van der Waals surface area (Å²) in [5.41, 5.74) is 1.22. The molecule has 0 unspecified atom stereocenters. The maximum Gasteiger partial charge on any atom is 0.302 e. The lowest BCUT2D eigenvalue weighted by Crippen LogP contribution is -2.53. The minimum Gasteiger partial charge on any atom is -0.354 e. The molecule has 35 heteroatoms. The topological polar surface area (TPSA) is 347 Å². The molecule has 5 amide bonds. The van der Waals surface area contributed by atoms with E-state index in [4.69, 9.17) is 79.5 Å². The van der Waals surface area contributed by atoms with E-state index < -0.39 is 214 Å². The molecule has 0 aliphatic carbocycles. The van der Waals surface area contributed by atoms with E-state index in [-0.39, 0.29) is 122 Å². The van der Waals surface area contributed by atoms with E-state index in [0.29, 0.717) is 53.5 Å². The summed E-state index contributed by atoms with van der Waals surface area (Å²) in [5, 5.41) is 1.59. The molecular formula is C80H100N30O5. The van der Waals surface area contributed by atoms with Crippen molar-refractivity contribution in [2.45, 2.75) is 96.7 Å². The first-order chi connectivity index (χ1) is 68.8. The Morgan fingerprint density at radius 3 is 0.948 bits per heavy atom. The number of anilines is 5. The molecule has 5 fully saturated rings. The fourth-order valence-electron chi connectivity index (χ4n) is 12.7. The van der Waals surface area contributed by atoms with Crippen LogP contribution in [0.15, 0.2) is 92.8 Å². The van der Waals surface area contributed by atoms with Crippen LogP contribution in [0.1, 0.15) is 113 Å². The number of fused-ring (bicyclic) bond motifs is 5. The van der Waals surface area contributed by atoms with Gasteiger partial charge in [-0.3, -0.25) is 24.0 Å². The normalized spacial score (nSPS) is 30.8. The van der Waals surface area contributed by atoms with Crippen LogP contribution < -0.4 is 24.5 Å². The van der Waals surface area contributed by atoms with Gasteiger partial charge in [0, 0.05) is 155 Å². The van der Waals surface area contributed by atoms with Crippen LogP contribution in [0.2, 0.25) is 0 Å². The van der Waals surface area contributed by atoms with E-state index in [2.05, 4.69) is 99.0 Å². The van der Waals surface area contributed by atoms with Crippen LogP contribution in [0.5, 0.6) is 0 Å². The van der Waals surface area contributed by atoms with Gasteiger partial charge in [-0.25, -0.2) is 82.7 Å². The lowest BCUT2D eigenvalue weighted by Gasteiger charge is -2.41.